The molecule has 9 heteroatoms. The number of sulfonamides is 1. The van der Waals surface area contributed by atoms with Crippen LogP contribution in [-0.2, 0) is 10.0 Å². The van der Waals surface area contributed by atoms with Crippen LogP contribution < -0.4 is 4.83 Å². The van der Waals surface area contributed by atoms with Crippen LogP contribution in [0.25, 0.3) is 5.69 Å². The quantitative estimate of drug-likeness (QED) is 0.515. The summed E-state index contributed by atoms with van der Waals surface area (Å²) in [5, 5.41) is 8.92. The minimum Gasteiger partial charge on any atom is -0.220 e. The Morgan fingerprint density at radius 3 is 2.42 bits per heavy atom. The molecule has 1 N–H and O–H groups in total. The van der Waals surface area contributed by atoms with Crippen LogP contribution in [0.4, 0.5) is 0 Å². The number of halogens is 2. The standard InChI is InChI=1S/C17H14Cl2N4O2S/c1-12-14(11-20-22-26(24,25)13-7-3-2-4-8-13)17(19)23(21-12)16-10-6-5-9-15(16)18/h2-11,22H,1H3/b20-11+. The van der Waals surface area contributed by atoms with Crippen molar-refractivity contribution in [2.75, 3.05) is 0 Å². The molecule has 0 bridgehead atoms. The molecule has 3 aromatic rings. The Morgan fingerprint density at radius 1 is 1.08 bits per heavy atom. The molecule has 26 heavy (non-hydrogen) atoms. The Kier molecular flexibility index (Phi) is 5.31. The number of hydrogen-bond acceptors (Lipinski definition) is 4. The van der Waals surface area contributed by atoms with Crippen LogP contribution in [0.3, 0.4) is 0 Å². The first kappa shape index (κ1) is 18.4. The summed E-state index contributed by atoms with van der Waals surface area (Å²) in [7, 11) is -3.75. The van der Waals surface area contributed by atoms with Gasteiger partial charge in [0.1, 0.15) is 5.15 Å². The van der Waals surface area contributed by atoms with Crippen molar-refractivity contribution in [3.05, 3.63) is 76.0 Å². The zero-order valence-electron chi connectivity index (χ0n) is 13.6. The average Bonchev–Trinajstić information content (AvgIpc) is 2.91. The first-order chi connectivity index (χ1) is 12.4. The third-order valence-electron chi connectivity index (χ3n) is 3.55. The van der Waals surface area contributed by atoms with Gasteiger partial charge in [0, 0.05) is 0 Å². The van der Waals surface area contributed by atoms with Crippen LogP contribution in [0.1, 0.15) is 11.3 Å². The normalized spacial score (nSPS) is 11.8. The van der Waals surface area contributed by atoms with Crippen LogP contribution >= 0.6 is 23.2 Å². The highest BCUT2D eigenvalue weighted by Gasteiger charge is 2.16. The van der Waals surface area contributed by atoms with Crippen LogP contribution in [0.5, 0.6) is 0 Å². The second kappa shape index (κ2) is 7.49. The van der Waals surface area contributed by atoms with Crippen molar-refractivity contribution in [1.82, 2.24) is 14.6 Å². The van der Waals surface area contributed by atoms with Crippen molar-refractivity contribution in [2.45, 2.75) is 11.8 Å². The Morgan fingerprint density at radius 2 is 1.73 bits per heavy atom. The molecule has 6 nitrogen and oxygen atoms in total. The SMILES string of the molecule is Cc1nn(-c2ccccc2Cl)c(Cl)c1/C=N/NS(=O)(=O)c1ccccc1. The van der Waals surface area contributed by atoms with Gasteiger partial charge in [0.05, 0.1) is 33.1 Å². The van der Waals surface area contributed by atoms with Gasteiger partial charge in [0.25, 0.3) is 10.0 Å². The maximum atomic E-state index is 12.2. The molecule has 1 aromatic heterocycles. The second-order valence-corrected chi connectivity index (χ2v) is 7.75. The van der Waals surface area contributed by atoms with Crippen LogP contribution in [0, 0.1) is 6.92 Å². The van der Waals surface area contributed by atoms with Crippen molar-refractivity contribution in [3.63, 3.8) is 0 Å². The van der Waals surface area contributed by atoms with Crippen LogP contribution in [0.2, 0.25) is 10.2 Å². The van der Waals surface area contributed by atoms with Gasteiger partial charge in [-0.05, 0) is 31.2 Å². The molecule has 0 aliphatic heterocycles. The van der Waals surface area contributed by atoms with Gasteiger partial charge in [0.15, 0.2) is 0 Å². The monoisotopic (exact) mass is 408 g/mol. The smallest absolute Gasteiger partial charge is 0.220 e. The molecule has 0 amide bonds. The van der Waals surface area contributed by atoms with Gasteiger partial charge >= 0.3 is 0 Å². The van der Waals surface area contributed by atoms with E-state index >= 15 is 0 Å². The van der Waals surface area contributed by atoms with Gasteiger partial charge in [0.2, 0.25) is 0 Å². The molecule has 0 saturated carbocycles. The fourth-order valence-electron chi connectivity index (χ4n) is 2.25. The molecule has 134 valence electrons. The first-order valence-corrected chi connectivity index (χ1v) is 9.74. The number of aromatic nitrogens is 2. The third kappa shape index (κ3) is 3.75. The lowest BCUT2D eigenvalue weighted by molar-refractivity contribution is 0.584. The highest BCUT2D eigenvalue weighted by Crippen LogP contribution is 2.26. The summed E-state index contributed by atoms with van der Waals surface area (Å²) in [6.07, 6.45) is 1.32. The molecule has 2 aromatic carbocycles. The number of rotatable bonds is 5. The topological polar surface area (TPSA) is 76.3 Å². The predicted octanol–water partition coefficient (Wildman–Crippen LogP) is 3.80. The van der Waals surface area contributed by atoms with Crippen molar-refractivity contribution >= 4 is 39.4 Å². The maximum Gasteiger partial charge on any atom is 0.276 e. The van der Waals surface area contributed by atoms with Gasteiger partial charge < -0.3 is 0 Å². The van der Waals surface area contributed by atoms with E-state index in [1.807, 2.05) is 6.07 Å². The summed E-state index contributed by atoms with van der Waals surface area (Å²) < 4.78 is 25.8. The summed E-state index contributed by atoms with van der Waals surface area (Å²) in [5.74, 6) is 0. The lowest BCUT2D eigenvalue weighted by Gasteiger charge is -2.05. The summed E-state index contributed by atoms with van der Waals surface area (Å²) >= 11 is 12.6. The van der Waals surface area contributed by atoms with E-state index < -0.39 is 10.0 Å². The molecule has 0 unspecified atom stereocenters. The van der Waals surface area contributed by atoms with Gasteiger partial charge in [-0.1, -0.05) is 53.5 Å². The average molecular weight is 409 g/mol. The number of aryl methyl sites for hydroxylation is 1. The lowest BCUT2D eigenvalue weighted by atomic mass is 10.3. The molecular formula is C17H14Cl2N4O2S. The molecule has 1 heterocycles. The largest absolute Gasteiger partial charge is 0.276 e. The maximum absolute atomic E-state index is 12.2. The Labute approximate surface area is 161 Å². The van der Waals surface area contributed by atoms with Gasteiger partial charge in [-0.25, -0.2) is 9.51 Å². The van der Waals surface area contributed by atoms with Crippen LogP contribution in [0.15, 0.2) is 64.6 Å². The minimum atomic E-state index is -3.75. The number of hydrazone groups is 1. The molecule has 3 rings (SSSR count). The third-order valence-corrected chi connectivity index (χ3v) is 5.47. The fourth-order valence-corrected chi connectivity index (χ4v) is 3.60. The molecular weight excluding hydrogens is 395 g/mol. The number of nitrogens with one attached hydrogen (secondary N) is 1. The first-order valence-electron chi connectivity index (χ1n) is 7.50. The highest BCUT2D eigenvalue weighted by molar-refractivity contribution is 7.89. The number of benzene rings is 2. The molecule has 0 fully saturated rings. The van der Waals surface area contributed by atoms with E-state index in [0.717, 1.165) is 0 Å². The molecule has 0 aliphatic carbocycles. The summed E-state index contributed by atoms with van der Waals surface area (Å²) in [5.41, 5.74) is 1.69. The van der Waals surface area contributed by atoms with Crippen molar-refractivity contribution < 1.29 is 8.42 Å². The van der Waals surface area contributed by atoms with E-state index in [0.29, 0.717) is 22.0 Å². The summed E-state index contributed by atoms with van der Waals surface area (Å²) in [6.45, 7) is 1.74. The highest BCUT2D eigenvalue weighted by atomic mass is 35.5. The molecule has 0 aliphatic rings. The minimum absolute atomic E-state index is 0.117. The molecule has 0 saturated heterocycles. The van der Waals surface area contributed by atoms with E-state index in [-0.39, 0.29) is 10.0 Å². The number of para-hydroxylation sites is 1. The number of hydrogen-bond donors (Lipinski definition) is 1. The summed E-state index contributed by atoms with van der Waals surface area (Å²) in [6, 6.07) is 15.1. The Bertz CT molecular complexity index is 1060. The van der Waals surface area contributed by atoms with Crippen molar-refractivity contribution in [3.8, 4) is 5.69 Å². The fraction of sp³-hybridized carbons (Fsp3) is 0.0588. The predicted molar refractivity (Wildman–Crippen MR) is 103 cm³/mol. The van der Waals surface area contributed by atoms with Crippen molar-refractivity contribution in [1.29, 1.82) is 0 Å². The zero-order valence-corrected chi connectivity index (χ0v) is 15.9. The molecule has 0 atom stereocenters. The van der Waals surface area contributed by atoms with E-state index in [4.69, 9.17) is 23.2 Å². The van der Waals surface area contributed by atoms with Crippen molar-refractivity contribution in [2.24, 2.45) is 5.10 Å². The lowest BCUT2D eigenvalue weighted by Crippen LogP contribution is -2.18. The van der Waals surface area contributed by atoms with Gasteiger partial charge in [-0.15, -0.1) is 0 Å². The van der Waals surface area contributed by atoms with Gasteiger partial charge in [-0.3, -0.25) is 0 Å². The second-order valence-electron chi connectivity index (χ2n) is 5.32. The Hall–Kier alpha value is -2.35. The molecule has 0 radical (unpaired) electrons. The number of nitrogens with zero attached hydrogens (tertiary/aromatic N) is 3. The van der Waals surface area contributed by atoms with E-state index in [1.54, 1.807) is 43.3 Å². The van der Waals surface area contributed by atoms with E-state index in [1.165, 1.54) is 23.0 Å². The Balaban J connectivity index is 1.87. The zero-order chi connectivity index (χ0) is 18.7. The van der Waals surface area contributed by atoms with E-state index in [2.05, 4.69) is 15.0 Å². The van der Waals surface area contributed by atoms with Gasteiger partial charge in [-0.2, -0.15) is 18.6 Å². The molecule has 0 spiro atoms. The van der Waals surface area contributed by atoms with E-state index in [9.17, 15) is 8.42 Å². The van der Waals surface area contributed by atoms with Crippen LogP contribution in [-0.4, -0.2) is 24.4 Å². The summed E-state index contributed by atoms with van der Waals surface area (Å²) in [4.78, 5) is 2.28.